The molecule has 1 saturated heterocycles. The first kappa shape index (κ1) is 12.3. The van der Waals surface area contributed by atoms with Crippen LogP contribution in [0.5, 0.6) is 0 Å². The summed E-state index contributed by atoms with van der Waals surface area (Å²) in [5.74, 6) is 0. The van der Waals surface area contributed by atoms with Crippen molar-refractivity contribution in [2.45, 2.75) is 50.7 Å². The van der Waals surface area contributed by atoms with Crippen molar-refractivity contribution in [2.75, 3.05) is 33.7 Å². The van der Waals surface area contributed by atoms with Crippen molar-refractivity contribution in [3.05, 3.63) is 0 Å². The van der Waals surface area contributed by atoms with Crippen LogP contribution in [-0.2, 0) is 0 Å². The highest BCUT2D eigenvalue weighted by molar-refractivity contribution is 5.00. The van der Waals surface area contributed by atoms with Crippen molar-refractivity contribution in [3.8, 4) is 0 Å². The Kier molecular flexibility index (Phi) is 3.57. The Balaban J connectivity index is 1.97. The molecule has 1 aliphatic carbocycles. The molecule has 0 spiro atoms. The van der Waals surface area contributed by atoms with Crippen molar-refractivity contribution >= 4 is 0 Å². The Morgan fingerprint density at radius 3 is 2.56 bits per heavy atom. The van der Waals surface area contributed by atoms with Crippen LogP contribution in [0.2, 0.25) is 0 Å². The van der Waals surface area contributed by atoms with Crippen molar-refractivity contribution < 1.29 is 0 Å². The van der Waals surface area contributed by atoms with Crippen LogP contribution in [-0.4, -0.2) is 61.2 Å². The molecule has 0 aromatic heterocycles. The third kappa shape index (κ3) is 2.58. The van der Waals surface area contributed by atoms with Gasteiger partial charge in [-0.15, -0.1) is 0 Å². The fourth-order valence-corrected chi connectivity index (χ4v) is 3.10. The monoisotopic (exact) mass is 225 g/mol. The standard InChI is InChI=1S/C13H27N3/c1-13(2)10-15(4)12(7-8-14-3)9-16(13)11-5-6-11/h11-12,14H,5-10H2,1-4H3. The zero-order valence-electron chi connectivity index (χ0n) is 11.3. The predicted octanol–water partition coefficient (Wildman–Crippen LogP) is 1.15. The van der Waals surface area contributed by atoms with Crippen LogP contribution >= 0.6 is 0 Å². The average molecular weight is 225 g/mol. The van der Waals surface area contributed by atoms with Crippen molar-refractivity contribution in [1.29, 1.82) is 0 Å². The van der Waals surface area contributed by atoms with Crippen LogP contribution in [0.25, 0.3) is 0 Å². The molecule has 0 bridgehead atoms. The smallest absolute Gasteiger partial charge is 0.0283 e. The Labute approximate surface area is 100 Å². The lowest BCUT2D eigenvalue weighted by molar-refractivity contribution is -0.0127. The molecule has 2 aliphatic rings. The van der Waals surface area contributed by atoms with Gasteiger partial charge in [0.2, 0.25) is 0 Å². The van der Waals surface area contributed by atoms with Gasteiger partial charge in [0.15, 0.2) is 0 Å². The largest absolute Gasteiger partial charge is 0.320 e. The van der Waals surface area contributed by atoms with Gasteiger partial charge in [-0.05, 0) is 53.8 Å². The molecule has 1 aliphatic heterocycles. The van der Waals surface area contributed by atoms with E-state index in [1.54, 1.807) is 0 Å². The van der Waals surface area contributed by atoms with E-state index in [4.69, 9.17) is 0 Å². The highest BCUT2D eigenvalue weighted by atomic mass is 15.3. The molecule has 1 atom stereocenters. The van der Waals surface area contributed by atoms with Gasteiger partial charge < -0.3 is 10.2 Å². The lowest BCUT2D eigenvalue weighted by atomic mass is 9.94. The van der Waals surface area contributed by atoms with E-state index in [1.807, 2.05) is 7.05 Å². The molecule has 2 fully saturated rings. The van der Waals surface area contributed by atoms with Crippen LogP contribution in [0.1, 0.15) is 33.1 Å². The second kappa shape index (κ2) is 4.63. The summed E-state index contributed by atoms with van der Waals surface area (Å²) in [6.45, 7) is 8.40. The van der Waals surface area contributed by atoms with Gasteiger partial charge in [-0.2, -0.15) is 0 Å². The van der Waals surface area contributed by atoms with E-state index in [0.717, 1.165) is 18.6 Å². The highest BCUT2D eigenvalue weighted by Gasteiger charge is 2.43. The van der Waals surface area contributed by atoms with Gasteiger partial charge in [-0.25, -0.2) is 0 Å². The summed E-state index contributed by atoms with van der Waals surface area (Å²) in [6, 6.07) is 1.63. The number of hydrogen-bond acceptors (Lipinski definition) is 3. The summed E-state index contributed by atoms with van der Waals surface area (Å²) in [7, 11) is 4.33. The predicted molar refractivity (Wildman–Crippen MR) is 68.8 cm³/mol. The van der Waals surface area contributed by atoms with Crippen molar-refractivity contribution in [2.24, 2.45) is 0 Å². The second-order valence-electron chi connectivity index (χ2n) is 6.16. The molecule has 0 radical (unpaired) electrons. The normalized spacial score (nSPS) is 31.9. The molecule has 2 rings (SSSR count). The molecule has 1 N–H and O–H groups in total. The van der Waals surface area contributed by atoms with Gasteiger partial charge >= 0.3 is 0 Å². The first-order chi connectivity index (χ1) is 7.54. The fourth-order valence-electron chi connectivity index (χ4n) is 3.10. The van der Waals surface area contributed by atoms with Crippen LogP contribution < -0.4 is 5.32 Å². The number of rotatable bonds is 4. The Morgan fingerprint density at radius 2 is 2.00 bits per heavy atom. The molecule has 1 heterocycles. The summed E-state index contributed by atoms with van der Waals surface area (Å²) in [6.07, 6.45) is 4.12. The molecule has 94 valence electrons. The van der Waals surface area contributed by atoms with Crippen LogP contribution in [0.4, 0.5) is 0 Å². The maximum absolute atomic E-state index is 3.27. The van der Waals surface area contributed by atoms with Gasteiger partial charge in [0.25, 0.3) is 0 Å². The topological polar surface area (TPSA) is 18.5 Å². The quantitative estimate of drug-likeness (QED) is 0.774. The van der Waals surface area contributed by atoms with Gasteiger partial charge in [0.05, 0.1) is 0 Å². The number of nitrogens with zero attached hydrogens (tertiary/aromatic N) is 2. The van der Waals surface area contributed by atoms with Gasteiger partial charge in [-0.1, -0.05) is 0 Å². The number of likely N-dealkylation sites (N-methyl/N-ethyl adjacent to an activating group) is 1. The molecule has 1 saturated carbocycles. The van der Waals surface area contributed by atoms with E-state index in [-0.39, 0.29) is 0 Å². The van der Waals surface area contributed by atoms with E-state index in [2.05, 4.69) is 36.0 Å². The zero-order valence-corrected chi connectivity index (χ0v) is 11.3. The van der Waals surface area contributed by atoms with Crippen molar-refractivity contribution in [3.63, 3.8) is 0 Å². The Morgan fingerprint density at radius 1 is 1.31 bits per heavy atom. The van der Waals surface area contributed by atoms with Crippen molar-refractivity contribution in [1.82, 2.24) is 15.1 Å². The number of hydrogen-bond donors (Lipinski definition) is 1. The minimum Gasteiger partial charge on any atom is -0.320 e. The fraction of sp³-hybridized carbons (Fsp3) is 1.00. The summed E-state index contributed by atoms with van der Waals surface area (Å²) < 4.78 is 0. The molecular weight excluding hydrogens is 198 g/mol. The van der Waals surface area contributed by atoms with Crippen LogP contribution in [0.15, 0.2) is 0 Å². The van der Waals surface area contributed by atoms with Gasteiger partial charge in [0, 0.05) is 30.7 Å². The molecule has 0 aromatic rings. The Hall–Kier alpha value is -0.120. The molecule has 0 aromatic carbocycles. The van der Waals surface area contributed by atoms with E-state index < -0.39 is 0 Å². The van der Waals surface area contributed by atoms with Gasteiger partial charge in [-0.3, -0.25) is 4.90 Å². The highest BCUT2D eigenvalue weighted by Crippen LogP contribution is 2.36. The minimum atomic E-state index is 0.367. The maximum Gasteiger partial charge on any atom is 0.0283 e. The van der Waals surface area contributed by atoms with Crippen LogP contribution in [0.3, 0.4) is 0 Å². The first-order valence-electron chi connectivity index (χ1n) is 6.66. The third-order valence-corrected chi connectivity index (χ3v) is 4.16. The third-order valence-electron chi connectivity index (χ3n) is 4.16. The second-order valence-corrected chi connectivity index (χ2v) is 6.16. The molecule has 0 amide bonds. The first-order valence-corrected chi connectivity index (χ1v) is 6.66. The number of piperazine rings is 1. The lowest BCUT2D eigenvalue weighted by Gasteiger charge is -2.50. The maximum atomic E-state index is 3.27. The molecule has 1 unspecified atom stereocenters. The minimum absolute atomic E-state index is 0.367. The molecule has 16 heavy (non-hydrogen) atoms. The SMILES string of the molecule is CNCCC1CN(C2CC2)C(C)(C)CN1C. The Bertz CT molecular complexity index is 235. The summed E-state index contributed by atoms with van der Waals surface area (Å²) >= 11 is 0. The van der Waals surface area contributed by atoms with E-state index >= 15 is 0 Å². The van der Waals surface area contributed by atoms with E-state index in [1.165, 1.54) is 32.4 Å². The average Bonchev–Trinajstić information content (AvgIpc) is 2.99. The van der Waals surface area contributed by atoms with E-state index in [9.17, 15) is 0 Å². The molecule has 3 nitrogen and oxygen atoms in total. The molecular formula is C13H27N3. The summed E-state index contributed by atoms with van der Waals surface area (Å²) in [4.78, 5) is 5.31. The zero-order chi connectivity index (χ0) is 11.8. The van der Waals surface area contributed by atoms with E-state index in [0.29, 0.717) is 5.54 Å². The summed E-state index contributed by atoms with van der Waals surface area (Å²) in [5.41, 5.74) is 0.367. The molecule has 3 heteroatoms. The van der Waals surface area contributed by atoms with Crippen LogP contribution in [0, 0.1) is 0 Å². The lowest BCUT2D eigenvalue weighted by Crippen LogP contribution is -2.63. The van der Waals surface area contributed by atoms with Gasteiger partial charge in [0.1, 0.15) is 0 Å². The summed E-state index contributed by atoms with van der Waals surface area (Å²) in [5, 5.41) is 3.27. The number of nitrogens with one attached hydrogen (secondary N) is 1.